The number of benzene rings is 1. The molecule has 0 aliphatic rings. The monoisotopic (exact) mass is 192 g/mol. The lowest BCUT2D eigenvalue weighted by Gasteiger charge is -2.04. The molecule has 0 radical (unpaired) electrons. The van der Waals surface area contributed by atoms with E-state index in [9.17, 15) is 4.79 Å². The van der Waals surface area contributed by atoms with Crippen molar-refractivity contribution in [3.63, 3.8) is 0 Å². The Balaban J connectivity index is 2.89. The lowest BCUT2D eigenvalue weighted by Crippen LogP contribution is -2.00. The zero-order chi connectivity index (χ0) is 10.6. The van der Waals surface area contributed by atoms with Crippen molar-refractivity contribution in [2.24, 2.45) is 0 Å². The van der Waals surface area contributed by atoms with E-state index in [0.29, 0.717) is 11.3 Å². The number of rotatable bonds is 3. The van der Waals surface area contributed by atoms with Gasteiger partial charge in [-0.15, -0.1) is 0 Å². The molecule has 1 aromatic rings. The summed E-state index contributed by atoms with van der Waals surface area (Å²) < 4.78 is 9.52. The van der Waals surface area contributed by atoms with E-state index in [0.717, 1.165) is 5.56 Å². The van der Waals surface area contributed by atoms with Gasteiger partial charge in [0, 0.05) is 5.56 Å². The largest absolute Gasteiger partial charge is 0.497 e. The predicted octanol–water partition coefficient (Wildman–Crippen LogP) is 2.09. The molecule has 3 heteroatoms. The average molecular weight is 192 g/mol. The number of carbonyl (C=O) groups is 1. The van der Waals surface area contributed by atoms with Crippen molar-refractivity contribution in [2.75, 3.05) is 14.2 Å². The molecule has 0 fully saturated rings. The van der Waals surface area contributed by atoms with Gasteiger partial charge in [0.25, 0.3) is 0 Å². The number of carbonyl (C=O) groups excluding carboxylic acids is 1. The Kier molecular flexibility index (Phi) is 3.29. The first-order chi connectivity index (χ1) is 6.69. The van der Waals surface area contributed by atoms with Gasteiger partial charge in [0.15, 0.2) is 0 Å². The van der Waals surface area contributed by atoms with Gasteiger partial charge in [-0.3, -0.25) is 0 Å². The molecular weight excluding hydrogens is 180 g/mol. The molecule has 1 rings (SSSR count). The van der Waals surface area contributed by atoms with Crippen molar-refractivity contribution in [1.82, 2.24) is 0 Å². The summed E-state index contributed by atoms with van der Waals surface area (Å²) in [6.07, 6.45) is 0. The maximum absolute atomic E-state index is 11.1. The molecule has 0 spiro atoms. The summed E-state index contributed by atoms with van der Waals surface area (Å²) >= 11 is 0. The Morgan fingerprint density at radius 1 is 1.07 bits per heavy atom. The fourth-order valence-corrected chi connectivity index (χ4v) is 1.03. The molecule has 0 amide bonds. The van der Waals surface area contributed by atoms with Crippen LogP contribution in [0.1, 0.15) is 15.9 Å². The highest BCUT2D eigenvalue weighted by molar-refractivity contribution is 5.89. The van der Waals surface area contributed by atoms with Crippen LogP contribution < -0.4 is 0 Å². The standard InChI is InChI=1S/C11H12O3/c1-8(13-2)9-4-6-10(7-5-9)11(12)14-3/h4-7H,1H2,2-3H3. The van der Waals surface area contributed by atoms with Crippen LogP contribution in [0.2, 0.25) is 0 Å². The van der Waals surface area contributed by atoms with Crippen molar-refractivity contribution in [3.05, 3.63) is 42.0 Å². The summed E-state index contributed by atoms with van der Waals surface area (Å²) in [5, 5.41) is 0. The fraction of sp³-hybridized carbons (Fsp3) is 0.182. The molecule has 0 aliphatic heterocycles. The fourth-order valence-electron chi connectivity index (χ4n) is 1.03. The van der Waals surface area contributed by atoms with E-state index in [1.54, 1.807) is 31.4 Å². The van der Waals surface area contributed by atoms with Gasteiger partial charge in [-0.2, -0.15) is 0 Å². The summed E-state index contributed by atoms with van der Waals surface area (Å²) in [6, 6.07) is 6.87. The molecule has 0 N–H and O–H groups in total. The minimum atomic E-state index is -0.348. The SMILES string of the molecule is C=C(OC)c1ccc(C(=O)OC)cc1. The highest BCUT2D eigenvalue weighted by atomic mass is 16.5. The van der Waals surface area contributed by atoms with E-state index >= 15 is 0 Å². The van der Waals surface area contributed by atoms with Gasteiger partial charge in [-0.1, -0.05) is 18.7 Å². The zero-order valence-electron chi connectivity index (χ0n) is 8.24. The number of hydrogen-bond donors (Lipinski definition) is 0. The van der Waals surface area contributed by atoms with Crippen molar-refractivity contribution in [2.45, 2.75) is 0 Å². The van der Waals surface area contributed by atoms with Crippen LogP contribution in [0.25, 0.3) is 5.76 Å². The normalized spacial score (nSPS) is 9.29. The molecular formula is C11H12O3. The van der Waals surface area contributed by atoms with Gasteiger partial charge in [0.2, 0.25) is 0 Å². The highest BCUT2D eigenvalue weighted by Crippen LogP contribution is 2.13. The first-order valence-electron chi connectivity index (χ1n) is 4.10. The van der Waals surface area contributed by atoms with E-state index in [-0.39, 0.29) is 5.97 Å². The minimum absolute atomic E-state index is 0.348. The molecule has 14 heavy (non-hydrogen) atoms. The maximum Gasteiger partial charge on any atom is 0.337 e. The Morgan fingerprint density at radius 3 is 2.00 bits per heavy atom. The van der Waals surface area contributed by atoms with Crippen LogP contribution in [0.3, 0.4) is 0 Å². The van der Waals surface area contributed by atoms with Gasteiger partial charge >= 0.3 is 5.97 Å². The smallest absolute Gasteiger partial charge is 0.337 e. The lowest BCUT2D eigenvalue weighted by atomic mass is 10.1. The second kappa shape index (κ2) is 4.46. The second-order valence-corrected chi connectivity index (χ2v) is 2.70. The van der Waals surface area contributed by atoms with Crippen LogP contribution in [-0.4, -0.2) is 20.2 Å². The molecule has 0 saturated heterocycles. The van der Waals surface area contributed by atoms with Gasteiger partial charge in [-0.05, 0) is 12.1 Å². The summed E-state index contributed by atoms with van der Waals surface area (Å²) in [7, 11) is 2.90. The van der Waals surface area contributed by atoms with Crippen LogP contribution in [0.5, 0.6) is 0 Å². The number of methoxy groups -OCH3 is 2. The number of hydrogen-bond acceptors (Lipinski definition) is 3. The molecule has 0 aliphatic carbocycles. The topological polar surface area (TPSA) is 35.5 Å². The molecule has 0 unspecified atom stereocenters. The summed E-state index contributed by atoms with van der Waals surface area (Å²) in [6.45, 7) is 3.70. The third-order valence-electron chi connectivity index (χ3n) is 1.87. The summed E-state index contributed by atoms with van der Waals surface area (Å²) in [4.78, 5) is 11.1. The van der Waals surface area contributed by atoms with Crippen LogP contribution in [-0.2, 0) is 9.47 Å². The second-order valence-electron chi connectivity index (χ2n) is 2.70. The Labute approximate surface area is 83.0 Å². The van der Waals surface area contributed by atoms with Crippen LogP contribution >= 0.6 is 0 Å². The molecule has 1 aromatic carbocycles. The molecule has 0 atom stereocenters. The average Bonchev–Trinajstić information content (AvgIpc) is 2.27. The quantitative estimate of drug-likeness (QED) is 0.543. The molecule has 74 valence electrons. The van der Waals surface area contributed by atoms with Crippen LogP contribution in [0, 0.1) is 0 Å². The number of ether oxygens (including phenoxy) is 2. The molecule has 0 heterocycles. The van der Waals surface area contributed by atoms with E-state index in [1.807, 2.05) is 0 Å². The number of esters is 1. The lowest BCUT2D eigenvalue weighted by molar-refractivity contribution is 0.0600. The Hall–Kier alpha value is -1.77. The predicted molar refractivity (Wildman–Crippen MR) is 53.8 cm³/mol. The molecule has 0 bridgehead atoms. The molecule has 3 nitrogen and oxygen atoms in total. The van der Waals surface area contributed by atoms with Crippen molar-refractivity contribution < 1.29 is 14.3 Å². The third-order valence-corrected chi connectivity index (χ3v) is 1.87. The van der Waals surface area contributed by atoms with Gasteiger partial charge < -0.3 is 9.47 Å². The Morgan fingerprint density at radius 2 is 1.57 bits per heavy atom. The maximum atomic E-state index is 11.1. The van der Waals surface area contributed by atoms with E-state index in [4.69, 9.17) is 4.74 Å². The van der Waals surface area contributed by atoms with Crippen molar-refractivity contribution in [1.29, 1.82) is 0 Å². The van der Waals surface area contributed by atoms with Crippen LogP contribution in [0.4, 0.5) is 0 Å². The van der Waals surface area contributed by atoms with E-state index in [2.05, 4.69) is 11.3 Å². The van der Waals surface area contributed by atoms with Crippen molar-refractivity contribution >= 4 is 11.7 Å². The molecule has 0 saturated carbocycles. The summed E-state index contributed by atoms with van der Waals surface area (Å²) in [5.41, 5.74) is 1.36. The molecule has 0 aromatic heterocycles. The first kappa shape index (κ1) is 10.3. The third kappa shape index (κ3) is 2.13. The van der Waals surface area contributed by atoms with Gasteiger partial charge in [-0.25, -0.2) is 4.79 Å². The highest BCUT2D eigenvalue weighted by Gasteiger charge is 2.05. The Bertz CT molecular complexity index is 303. The zero-order valence-corrected chi connectivity index (χ0v) is 8.24. The van der Waals surface area contributed by atoms with E-state index in [1.165, 1.54) is 7.11 Å². The van der Waals surface area contributed by atoms with Gasteiger partial charge in [0.1, 0.15) is 5.76 Å². The van der Waals surface area contributed by atoms with Crippen LogP contribution in [0.15, 0.2) is 30.8 Å². The van der Waals surface area contributed by atoms with E-state index < -0.39 is 0 Å². The van der Waals surface area contributed by atoms with Gasteiger partial charge in [0.05, 0.1) is 19.8 Å². The summed E-state index contributed by atoms with van der Waals surface area (Å²) in [5.74, 6) is 0.223. The minimum Gasteiger partial charge on any atom is -0.497 e. The van der Waals surface area contributed by atoms with Crippen molar-refractivity contribution in [3.8, 4) is 0 Å². The first-order valence-corrected chi connectivity index (χ1v) is 4.10.